The van der Waals surface area contributed by atoms with Gasteiger partial charge in [-0.1, -0.05) is 0 Å². The second kappa shape index (κ2) is 4.24. The molecule has 1 atom stereocenters. The van der Waals surface area contributed by atoms with Crippen LogP contribution in [0.3, 0.4) is 0 Å². The molecule has 15 heavy (non-hydrogen) atoms. The van der Waals surface area contributed by atoms with Crippen molar-refractivity contribution in [2.24, 2.45) is 0 Å². The zero-order valence-corrected chi connectivity index (χ0v) is 8.55. The number of hydrogen-bond acceptors (Lipinski definition) is 5. The van der Waals surface area contributed by atoms with E-state index < -0.39 is 0 Å². The third-order valence-electron chi connectivity index (χ3n) is 2.32. The molecular formula is C10H12N4O. The second-order valence-electron chi connectivity index (χ2n) is 3.47. The first-order valence-corrected chi connectivity index (χ1v) is 4.86. The second-order valence-corrected chi connectivity index (χ2v) is 3.47. The molecule has 0 saturated carbocycles. The summed E-state index contributed by atoms with van der Waals surface area (Å²) in [6.45, 7) is 3.78. The van der Waals surface area contributed by atoms with Crippen molar-refractivity contribution in [3.05, 3.63) is 17.8 Å². The van der Waals surface area contributed by atoms with Crippen LogP contribution in [-0.4, -0.2) is 36.0 Å². The van der Waals surface area contributed by atoms with Crippen molar-refractivity contribution in [1.29, 1.82) is 5.26 Å². The fourth-order valence-electron chi connectivity index (χ4n) is 1.50. The van der Waals surface area contributed by atoms with Crippen molar-refractivity contribution in [3.63, 3.8) is 0 Å². The quantitative estimate of drug-likeness (QED) is 0.667. The predicted octanol–water partition coefficient (Wildman–Crippen LogP) is 0.514. The summed E-state index contributed by atoms with van der Waals surface area (Å²) in [5, 5.41) is 16.8. The lowest BCUT2D eigenvalue weighted by Crippen LogP contribution is -2.42. The van der Waals surface area contributed by atoms with Crippen LogP contribution in [0.4, 0.5) is 5.82 Å². The number of anilines is 1. The van der Waals surface area contributed by atoms with Gasteiger partial charge >= 0.3 is 0 Å². The highest BCUT2D eigenvalue weighted by Gasteiger charge is 2.20. The molecule has 1 aromatic rings. The highest BCUT2D eigenvalue weighted by Crippen LogP contribution is 2.13. The molecule has 1 aliphatic rings. The lowest BCUT2D eigenvalue weighted by molar-refractivity contribution is 0.0761. The van der Waals surface area contributed by atoms with Crippen LogP contribution in [0.25, 0.3) is 0 Å². The van der Waals surface area contributed by atoms with Crippen molar-refractivity contribution < 1.29 is 4.74 Å². The van der Waals surface area contributed by atoms with Gasteiger partial charge in [0.05, 0.1) is 24.9 Å². The van der Waals surface area contributed by atoms with Crippen LogP contribution in [0.1, 0.15) is 5.69 Å². The van der Waals surface area contributed by atoms with Crippen LogP contribution < -0.4 is 4.90 Å². The summed E-state index contributed by atoms with van der Waals surface area (Å²) in [7, 11) is 0. The Bertz CT molecular complexity index is 370. The zero-order chi connectivity index (χ0) is 10.7. The summed E-state index contributed by atoms with van der Waals surface area (Å²) < 4.78 is 5.25. The molecule has 0 radical (unpaired) electrons. The van der Waals surface area contributed by atoms with Gasteiger partial charge in [-0.15, -0.1) is 5.10 Å². The SMILES string of the molecule is Cc1ccc(N2CCOC(C#N)C2)nn1. The van der Waals surface area contributed by atoms with E-state index in [1.165, 1.54) is 0 Å². The number of morpholine rings is 1. The maximum Gasteiger partial charge on any atom is 0.161 e. The van der Waals surface area contributed by atoms with Gasteiger partial charge in [-0.2, -0.15) is 10.4 Å². The number of hydrogen-bond donors (Lipinski definition) is 0. The van der Waals surface area contributed by atoms with E-state index in [0.29, 0.717) is 13.2 Å². The molecule has 78 valence electrons. The van der Waals surface area contributed by atoms with Crippen LogP contribution in [0.15, 0.2) is 12.1 Å². The van der Waals surface area contributed by atoms with Gasteiger partial charge in [0.25, 0.3) is 0 Å². The number of aromatic nitrogens is 2. The largest absolute Gasteiger partial charge is 0.360 e. The minimum atomic E-state index is -0.359. The Labute approximate surface area is 88.3 Å². The monoisotopic (exact) mass is 204 g/mol. The van der Waals surface area contributed by atoms with E-state index >= 15 is 0 Å². The molecule has 1 fully saturated rings. The average Bonchev–Trinajstić information content (AvgIpc) is 2.30. The van der Waals surface area contributed by atoms with Crippen molar-refractivity contribution in [3.8, 4) is 6.07 Å². The Hall–Kier alpha value is -1.67. The summed E-state index contributed by atoms with van der Waals surface area (Å²) in [5.74, 6) is 0.809. The van der Waals surface area contributed by atoms with Gasteiger partial charge in [-0.05, 0) is 19.1 Å². The first kappa shape index (κ1) is 9.87. The van der Waals surface area contributed by atoms with E-state index in [1.807, 2.05) is 24.0 Å². The van der Waals surface area contributed by atoms with Gasteiger partial charge < -0.3 is 9.64 Å². The van der Waals surface area contributed by atoms with E-state index in [0.717, 1.165) is 18.1 Å². The molecule has 0 aromatic carbocycles. The summed E-state index contributed by atoms with van der Waals surface area (Å²) in [5.41, 5.74) is 0.892. The van der Waals surface area contributed by atoms with Gasteiger partial charge in [0, 0.05) is 6.54 Å². The molecule has 0 aliphatic carbocycles. The summed E-state index contributed by atoms with van der Waals surface area (Å²) >= 11 is 0. The highest BCUT2D eigenvalue weighted by atomic mass is 16.5. The molecule has 1 aliphatic heterocycles. The Morgan fingerprint density at radius 1 is 1.53 bits per heavy atom. The van der Waals surface area contributed by atoms with E-state index in [2.05, 4.69) is 16.3 Å². The zero-order valence-electron chi connectivity index (χ0n) is 8.55. The molecule has 0 bridgehead atoms. The van der Waals surface area contributed by atoms with Gasteiger partial charge in [0.2, 0.25) is 0 Å². The number of nitriles is 1. The fourth-order valence-corrected chi connectivity index (χ4v) is 1.50. The average molecular weight is 204 g/mol. The lowest BCUT2D eigenvalue weighted by atomic mass is 10.3. The van der Waals surface area contributed by atoms with Crippen LogP contribution in [0.2, 0.25) is 0 Å². The summed E-state index contributed by atoms with van der Waals surface area (Å²) in [4.78, 5) is 2.02. The number of nitrogens with zero attached hydrogens (tertiary/aromatic N) is 4. The molecule has 0 amide bonds. The van der Waals surface area contributed by atoms with Gasteiger partial charge in [-0.3, -0.25) is 0 Å². The first-order valence-electron chi connectivity index (χ1n) is 4.86. The minimum Gasteiger partial charge on any atom is -0.360 e. The Morgan fingerprint density at radius 3 is 3.07 bits per heavy atom. The molecule has 1 aromatic heterocycles. The number of ether oxygens (including phenoxy) is 1. The Kier molecular flexibility index (Phi) is 2.79. The standard InChI is InChI=1S/C10H12N4O/c1-8-2-3-10(13-12-8)14-4-5-15-9(6-11)7-14/h2-3,9H,4-5,7H2,1H3. The van der Waals surface area contributed by atoms with Gasteiger partial charge in [0.15, 0.2) is 11.9 Å². The van der Waals surface area contributed by atoms with E-state index in [-0.39, 0.29) is 6.10 Å². The first-order chi connectivity index (χ1) is 7.29. The molecule has 2 rings (SSSR count). The molecule has 2 heterocycles. The molecule has 5 heteroatoms. The third-order valence-corrected chi connectivity index (χ3v) is 2.32. The minimum absolute atomic E-state index is 0.359. The summed E-state index contributed by atoms with van der Waals surface area (Å²) in [6, 6.07) is 5.94. The fraction of sp³-hybridized carbons (Fsp3) is 0.500. The van der Waals surface area contributed by atoms with Crippen molar-refractivity contribution >= 4 is 5.82 Å². The van der Waals surface area contributed by atoms with Crippen molar-refractivity contribution in [1.82, 2.24) is 10.2 Å². The van der Waals surface area contributed by atoms with Crippen LogP contribution in [0.5, 0.6) is 0 Å². The lowest BCUT2D eigenvalue weighted by Gasteiger charge is -2.30. The third kappa shape index (κ3) is 2.22. The van der Waals surface area contributed by atoms with Crippen LogP contribution in [-0.2, 0) is 4.74 Å². The van der Waals surface area contributed by atoms with Crippen molar-refractivity contribution in [2.75, 3.05) is 24.6 Å². The van der Waals surface area contributed by atoms with E-state index in [1.54, 1.807) is 0 Å². The Balaban J connectivity index is 2.10. The number of aryl methyl sites for hydroxylation is 1. The molecule has 0 spiro atoms. The highest BCUT2D eigenvalue weighted by molar-refractivity contribution is 5.38. The summed E-state index contributed by atoms with van der Waals surface area (Å²) in [6.07, 6.45) is -0.359. The van der Waals surface area contributed by atoms with Gasteiger partial charge in [-0.25, -0.2) is 0 Å². The number of rotatable bonds is 1. The molecule has 0 N–H and O–H groups in total. The molecular weight excluding hydrogens is 192 g/mol. The maximum absolute atomic E-state index is 8.76. The maximum atomic E-state index is 8.76. The topological polar surface area (TPSA) is 62.0 Å². The smallest absolute Gasteiger partial charge is 0.161 e. The molecule has 1 unspecified atom stereocenters. The predicted molar refractivity (Wildman–Crippen MR) is 54.3 cm³/mol. The van der Waals surface area contributed by atoms with Crippen LogP contribution in [0, 0.1) is 18.3 Å². The normalized spacial score (nSPS) is 21.1. The van der Waals surface area contributed by atoms with E-state index in [9.17, 15) is 0 Å². The molecule has 1 saturated heterocycles. The van der Waals surface area contributed by atoms with Gasteiger partial charge in [0.1, 0.15) is 0 Å². The van der Waals surface area contributed by atoms with E-state index in [4.69, 9.17) is 10.00 Å². The van der Waals surface area contributed by atoms with Crippen LogP contribution >= 0.6 is 0 Å². The Morgan fingerprint density at radius 2 is 2.40 bits per heavy atom. The molecule has 5 nitrogen and oxygen atoms in total. The van der Waals surface area contributed by atoms with Crippen molar-refractivity contribution in [2.45, 2.75) is 13.0 Å².